The Hall–Kier alpha value is 0.270. The second-order valence-electron chi connectivity index (χ2n) is 2.27. The maximum Gasteiger partial charge on any atom is 0.298 e. The van der Waals surface area contributed by atoms with Crippen LogP contribution in [0.2, 0.25) is 0 Å². The van der Waals surface area contributed by atoms with Gasteiger partial charge in [0.05, 0.1) is 0 Å². The summed E-state index contributed by atoms with van der Waals surface area (Å²) >= 11 is 12.1. The van der Waals surface area contributed by atoms with Crippen LogP contribution in [0.1, 0.15) is 0 Å². The third kappa shape index (κ3) is 3.79. The molecule has 1 unspecified atom stereocenters. The average Bonchev–Trinajstić information content (AvgIpc) is 2.20. The third-order valence-corrected chi connectivity index (χ3v) is 6.74. The summed E-state index contributed by atoms with van der Waals surface area (Å²) < 4.78 is 10.8. The van der Waals surface area contributed by atoms with Gasteiger partial charge in [0.15, 0.2) is 0 Å². The highest BCUT2D eigenvalue weighted by Gasteiger charge is 2.18. The van der Waals surface area contributed by atoms with E-state index in [1.54, 1.807) is 0 Å². The fraction of sp³-hybridized carbons (Fsp3) is 0.250. The van der Waals surface area contributed by atoms with Gasteiger partial charge in [0.25, 0.3) is 5.69 Å². The molecule has 2 nitrogen and oxygen atoms in total. The van der Waals surface area contributed by atoms with E-state index in [1.807, 2.05) is 36.6 Å². The average molecular weight is 269 g/mol. The minimum absolute atomic E-state index is 0.0605. The lowest BCUT2D eigenvalue weighted by atomic mass is 10.3. The highest BCUT2D eigenvalue weighted by molar-refractivity contribution is 8.67. The quantitative estimate of drug-likeness (QED) is 0.596. The van der Waals surface area contributed by atoms with Crippen LogP contribution < -0.4 is 4.52 Å². The van der Waals surface area contributed by atoms with Crippen LogP contribution in [0.3, 0.4) is 0 Å². The minimum atomic E-state index is -2.30. The van der Waals surface area contributed by atoms with Crippen LogP contribution in [0.15, 0.2) is 30.3 Å². The molecule has 0 fully saturated rings. The molecule has 0 aliphatic rings. The Bertz CT molecular complexity index is 320. The van der Waals surface area contributed by atoms with E-state index >= 15 is 0 Å². The molecule has 0 bridgehead atoms. The first-order valence-electron chi connectivity index (χ1n) is 3.81. The van der Waals surface area contributed by atoms with Crippen molar-refractivity contribution in [2.24, 2.45) is 0 Å². The van der Waals surface area contributed by atoms with Crippen LogP contribution in [0.4, 0.5) is 0 Å². The molecule has 6 heteroatoms. The summed E-state index contributed by atoms with van der Waals surface area (Å²) in [7, 11) is 0. The molecule has 0 amide bonds. The lowest BCUT2D eigenvalue weighted by molar-refractivity contribution is 0.386. The largest absolute Gasteiger partial charge is 0.436 e. The highest BCUT2D eigenvalue weighted by Crippen LogP contribution is 2.59. The number of rotatable bonds is 5. The lowest BCUT2D eigenvalue weighted by Gasteiger charge is -2.18. The van der Waals surface area contributed by atoms with Crippen molar-refractivity contribution in [3.05, 3.63) is 30.3 Å². The lowest BCUT2D eigenvalue weighted by Crippen LogP contribution is -1.92. The number of benzene rings is 1. The maximum absolute atomic E-state index is 5.57. The zero-order valence-corrected chi connectivity index (χ0v) is 10.8. The SMILES string of the molecule is CSP(=S)(OCCl)Oc1ccccc1. The monoisotopic (exact) mass is 268 g/mol. The fourth-order valence-corrected chi connectivity index (χ4v) is 3.65. The van der Waals surface area contributed by atoms with Crippen LogP contribution in [-0.2, 0) is 16.3 Å². The fourth-order valence-electron chi connectivity index (χ4n) is 0.787. The van der Waals surface area contributed by atoms with E-state index in [9.17, 15) is 0 Å². The van der Waals surface area contributed by atoms with Gasteiger partial charge in [-0.1, -0.05) is 41.2 Å². The van der Waals surface area contributed by atoms with Crippen LogP contribution in [0, 0.1) is 0 Å². The molecule has 0 saturated heterocycles. The normalized spacial score (nSPS) is 14.7. The van der Waals surface area contributed by atoms with Gasteiger partial charge in [-0.05, 0) is 30.2 Å². The van der Waals surface area contributed by atoms with Gasteiger partial charge in [-0.15, -0.1) is 0 Å². The van der Waals surface area contributed by atoms with E-state index in [0.29, 0.717) is 0 Å². The molecule has 1 aromatic rings. The van der Waals surface area contributed by atoms with Gasteiger partial charge in [-0.3, -0.25) is 4.52 Å². The summed E-state index contributed by atoms with van der Waals surface area (Å²) in [6, 6.07) is 9.43. The van der Waals surface area contributed by atoms with Crippen molar-refractivity contribution in [1.82, 2.24) is 0 Å². The van der Waals surface area contributed by atoms with Gasteiger partial charge in [0, 0.05) is 0 Å². The first kappa shape index (κ1) is 12.3. The minimum Gasteiger partial charge on any atom is -0.436 e. The molecule has 0 aliphatic carbocycles. The van der Waals surface area contributed by atoms with E-state index in [0.717, 1.165) is 5.75 Å². The van der Waals surface area contributed by atoms with Crippen LogP contribution in [-0.4, -0.2) is 12.3 Å². The van der Waals surface area contributed by atoms with Gasteiger partial charge in [0.1, 0.15) is 11.8 Å². The summed E-state index contributed by atoms with van der Waals surface area (Å²) in [5, 5.41) is 0. The first-order valence-corrected chi connectivity index (χ1v) is 8.81. The Morgan fingerprint density at radius 2 is 2.07 bits per heavy atom. The van der Waals surface area contributed by atoms with E-state index in [2.05, 4.69) is 0 Å². The first-order chi connectivity index (χ1) is 6.70. The van der Waals surface area contributed by atoms with Crippen LogP contribution in [0.5, 0.6) is 5.75 Å². The van der Waals surface area contributed by atoms with E-state index in [4.69, 9.17) is 32.5 Å². The number of hydrogen-bond acceptors (Lipinski definition) is 4. The van der Waals surface area contributed by atoms with Crippen molar-refractivity contribution >= 4 is 40.5 Å². The highest BCUT2D eigenvalue weighted by atomic mass is 35.5. The molecule has 78 valence electrons. The van der Waals surface area contributed by atoms with Crippen molar-refractivity contribution in [3.63, 3.8) is 0 Å². The molecule has 0 heterocycles. The van der Waals surface area contributed by atoms with Crippen molar-refractivity contribution in [2.45, 2.75) is 0 Å². The molecular weight excluding hydrogens is 259 g/mol. The summed E-state index contributed by atoms with van der Waals surface area (Å²) in [4.78, 5) is 0. The van der Waals surface area contributed by atoms with Gasteiger partial charge in [-0.2, -0.15) is 0 Å². The Morgan fingerprint density at radius 3 is 2.57 bits per heavy atom. The van der Waals surface area contributed by atoms with Crippen molar-refractivity contribution in [1.29, 1.82) is 0 Å². The zero-order valence-electron chi connectivity index (χ0n) is 7.55. The molecule has 14 heavy (non-hydrogen) atoms. The number of alkyl halides is 1. The molecule has 0 aliphatic heterocycles. The Morgan fingerprint density at radius 1 is 1.43 bits per heavy atom. The molecule has 1 aromatic carbocycles. The van der Waals surface area contributed by atoms with Gasteiger partial charge in [0.2, 0.25) is 0 Å². The summed E-state index contributed by atoms with van der Waals surface area (Å²) in [5.74, 6) is 0.718. The van der Waals surface area contributed by atoms with Crippen LogP contribution >= 0.6 is 28.7 Å². The molecular formula is C8H10ClO2PS2. The smallest absolute Gasteiger partial charge is 0.298 e. The van der Waals surface area contributed by atoms with Crippen molar-refractivity contribution in [3.8, 4) is 5.75 Å². The van der Waals surface area contributed by atoms with Gasteiger partial charge >= 0.3 is 0 Å². The predicted octanol–water partition coefficient (Wildman–Crippen LogP) is 3.87. The van der Waals surface area contributed by atoms with E-state index in [1.165, 1.54) is 11.4 Å². The molecule has 0 radical (unpaired) electrons. The number of hydrogen-bond donors (Lipinski definition) is 0. The predicted molar refractivity (Wildman–Crippen MR) is 66.7 cm³/mol. The molecule has 0 spiro atoms. The second-order valence-corrected chi connectivity index (χ2v) is 8.86. The molecule has 0 aromatic heterocycles. The Balaban J connectivity index is 2.71. The maximum atomic E-state index is 5.57. The third-order valence-electron chi connectivity index (χ3n) is 1.39. The summed E-state index contributed by atoms with van der Waals surface area (Å²) in [5.41, 5.74) is -2.30. The van der Waals surface area contributed by atoms with Crippen molar-refractivity contribution < 1.29 is 9.05 Å². The van der Waals surface area contributed by atoms with E-state index < -0.39 is 5.69 Å². The molecule has 1 atom stereocenters. The number of halogens is 1. The zero-order chi connectivity index (χ0) is 10.4. The molecule has 0 saturated carbocycles. The second kappa shape index (κ2) is 5.99. The Kier molecular flexibility index (Phi) is 5.28. The summed E-state index contributed by atoms with van der Waals surface area (Å²) in [6.45, 7) is 0. The van der Waals surface area contributed by atoms with Gasteiger partial charge in [-0.25, -0.2) is 0 Å². The van der Waals surface area contributed by atoms with Crippen LogP contribution in [0.25, 0.3) is 0 Å². The molecule has 0 N–H and O–H groups in total. The number of para-hydroxylation sites is 1. The molecule has 1 rings (SSSR count). The topological polar surface area (TPSA) is 18.5 Å². The van der Waals surface area contributed by atoms with Crippen molar-refractivity contribution in [2.75, 3.05) is 12.3 Å². The Labute approximate surface area is 97.9 Å². The summed E-state index contributed by atoms with van der Waals surface area (Å²) in [6.07, 6.45) is 1.86. The van der Waals surface area contributed by atoms with Gasteiger partial charge < -0.3 is 4.52 Å². The standard InChI is InChI=1S/C8H10ClO2PS2/c1-14-12(13,10-7-9)11-8-5-3-2-4-6-8/h2-6H,7H2,1H3. The van der Waals surface area contributed by atoms with E-state index in [-0.39, 0.29) is 6.07 Å².